The van der Waals surface area contributed by atoms with Crippen LogP contribution in [-0.2, 0) is 0 Å². The fraction of sp³-hybridized carbons (Fsp3) is 0.143. The van der Waals surface area contributed by atoms with Gasteiger partial charge in [0, 0.05) is 15.5 Å². The molecule has 0 amide bonds. The Labute approximate surface area is 86.0 Å². The van der Waals surface area contributed by atoms with E-state index in [1.54, 1.807) is 0 Å². The molecule has 2 N–H and O–H groups in total. The molecular weight excluding hydrogens is 214 g/mol. The van der Waals surface area contributed by atoms with Gasteiger partial charge in [-0.2, -0.15) is 0 Å². The van der Waals surface area contributed by atoms with Crippen LogP contribution in [0.5, 0.6) is 5.75 Å². The highest BCUT2D eigenvalue weighted by Gasteiger charge is 2.21. The van der Waals surface area contributed by atoms with Crippen molar-refractivity contribution in [3.05, 3.63) is 22.2 Å². The van der Waals surface area contributed by atoms with Gasteiger partial charge in [0.15, 0.2) is 0 Å². The molecule has 0 radical (unpaired) electrons. The van der Waals surface area contributed by atoms with Gasteiger partial charge in [0.1, 0.15) is 5.75 Å². The number of hydrogen-bond acceptors (Lipinski definition) is 3. The van der Waals surface area contributed by atoms with Crippen molar-refractivity contribution in [2.75, 3.05) is 7.11 Å². The van der Waals surface area contributed by atoms with E-state index in [-0.39, 0.29) is 16.2 Å². The summed E-state index contributed by atoms with van der Waals surface area (Å²) in [5.74, 6) is 0.257. The number of benzene rings is 1. The third-order valence-electron chi connectivity index (χ3n) is 1.53. The molecule has 1 aromatic rings. The second-order valence-electron chi connectivity index (χ2n) is 2.38. The van der Waals surface area contributed by atoms with E-state index in [1.807, 2.05) is 0 Å². The van der Waals surface area contributed by atoms with Crippen LogP contribution in [0.1, 0.15) is 0 Å². The lowest BCUT2D eigenvalue weighted by molar-refractivity contribution is 0.403. The lowest BCUT2D eigenvalue weighted by atomic mass is 9.79. The topological polar surface area (TPSA) is 49.7 Å². The first-order valence-electron chi connectivity index (χ1n) is 3.45. The van der Waals surface area contributed by atoms with E-state index >= 15 is 0 Å². The Kier molecular flexibility index (Phi) is 3.44. The first kappa shape index (κ1) is 10.7. The molecule has 0 aliphatic heterocycles. The molecule has 6 heteroatoms. The molecule has 0 bridgehead atoms. The second kappa shape index (κ2) is 4.20. The molecular formula is C7H7BCl2O3. The quantitative estimate of drug-likeness (QED) is 0.721. The van der Waals surface area contributed by atoms with Crippen LogP contribution in [0.15, 0.2) is 12.1 Å². The molecule has 0 fully saturated rings. The van der Waals surface area contributed by atoms with E-state index < -0.39 is 7.12 Å². The summed E-state index contributed by atoms with van der Waals surface area (Å²) in [5, 5.41) is 18.5. The second-order valence-corrected chi connectivity index (χ2v) is 3.22. The minimum atomic E-state index is -1.67. The van der Waals surface area contributed by atoms with Gasteiger partial charge in [0.2, 0.25) is 0 Å². The summed E-state index contributed by atoms with van der Waals surface area (Å²) in [5.41, 5.74) is 0.119. The molecule has 0 spiro atoms. The van der Waals surface area contributed by atoms with Crippen LogP contribution in [0, 0.1) is 0 Å². The number of rotatable bonds is 2. The van der Waals surface area contributed by atoms with Crippen LogP contribution in [0.25, 0.3) is 0 Å². The minimum Gasteiger partial charge on any atom is -0.497 e. The maximum atomic E-state index is 8.96. The lowest BCUT2D eigenvalue weighted by Crippen LogP contribution is -2.32. The summed E-state index contributed by atoms with van der Waals surface area (Å²) >= 11 is 11.4. The minimum absolute atomic E-state index is 0.119. The molecule has 0 heterocycles. The van der Waals surface area contributed by atoms with Crippen molar-refractivity contribution >= 4 is 35.8 Å². The van der Waals surface area contributed by atoms with E-state index in [9.17, 15) is 0 Å². The van der Waals surface area contributed by atoms with Crippen molar-refractivity contribution in [1.29, 1.82) is 0 Å². The van der Waals surface area contributed by atoms with Crippen molar-refractivity contribution in [1.82, 2.24) is 0 Å². The molecule has 0 saturated heterocycles. The van der Waals surface area contributed by atoms with Crippen LogP contribution in [0.3, 0.4) is 0 Å². The third kappa shape index (κ3) is 2.28. The average Bonchev–Trinajstić information content (AvgIpc) is 2.01. The molecule has 1 aromatic carbocycles. The molecule has 0 aliphatic carbocycles. The van der Waals surface area contributed by atoms with E-state index in [1.165, 1.54) is 19.2 Å². The van der Waals surface area contributed by atoms with Crippen LogP contribution in [0.4, 0.5) is 0 Å². The SMILES string of the molecule is COc1cc(Cl)cc(Cl)c1B(O)O. The summed E-state index contributed by atoms with van der Waals surface area (Å²) < 4.78 is 4.88. The number of hydrogen-bond donors (Lipinski definition) is 2. The molecule has 13 heavy (non-hydrogen) atoms. The first-order valence-corrected chi connectivity index (χ1v) is 4.21. The summed E-state index contributed by atoms with van der Waals surface area (Å²) in [6.45, 7) is 0. The molecule has 70 valence electrons. The fourth-order valence-electron chi connectivity index (χ4n) is 0.981. The number of methoxy groups -OCH3 is 1. The molecule has 0 saturated carbocycles. The van der Waals surface area contributed by atoms with Gasteiger partial charge in [-0.25, -0.2) is 0 Å². The van der Waals surface area contributed by atoms with Crippen molar-refractivity contribution in [3.63, 3.8) is 0 Å². The third-order valence-corrected chi connectivity index (χ3v) is 2.07. The first-order chi connectivity index (χ1) is 6.06. The normalized spacial score (nSPS) is 9.92. The van der Waals surface area contributed by atoms with E-state index in [4.69, 9.17) is 38.0 Å². The molecule has 0 aliphatic rings. The van der Waals surface area contributed by atoms with Gasteiger partial charge in [-0.1, -0.05) is 23.2 Å². The van der Waals surface area contributed by atoms with Crippen molar-refractivity contribution < 1.29 is 14.8 Å². The lowest BCUT2D eigenvalue weighted by Gasteiger charge is -2.09. The zero-order chi connectivity index (χ0) is 10.0. The van der Waals surface area contributed by atoms with Gasteiger partial charge in [-0.05, 0) is 12.1 Å². The van der Waals surface area contributed by atoms with Gasteiger partial charge >= 0.3 is 7.12 Å². The predicted molar refractivity (Wildman–Crippen MR) is 52.8 cm³/mol. The largest absolute Gasteiger partial charge is 0.497 e. The standard InChI is InChI=1S/C7H7BCl2O3/c1-13-6-3-4(9)2-5(10)7(6)8(11)12/h2-3,11-12H,1H3. The smallest absolute Gasteiger partial charge is 0.493 e. The molecule has 0 atom stereocenters. The van der Waals surface area contributed by atoms with Gasteiger partial charge in [0.05, 0.1) is 7.11 Å². The van der Waals surface area contributed by atoms with Crippen molar-refractivity contribution in [3.8, 4) is 5.75 Å². The van der Waals surface area contributed by atoms with Crippen LogP contribution in [-0.4, -0.2) is 24.3 Å². The van der Waals surface area contributed by atoms with Crippen LogP contribution < -0.4 is 10.2 Å². The van der Waals surface area contributed by atoms with Crippen LogP contribution >= 0.6 is 23.2 Å². The maximum Gasteiger partial charge on any atom is 0.493 e. The molecule has 3 nitrogen and oxygen atoms in total. The monoisotopic (exact) mass is 220 g/mol. The highest BCUT2D eigenvalue weighted by Crippen LogP contribution is 2.22. The highest BCUT2D eigenvalue weighted by molar-refractivity contribution is 6.64. The van der Waals surface area contributed by atoms with E-state index in [0.29, 0.717) is 5.02 Å². The fourth-order valence-corrected chi connectivity index (χ4v) is 1.55. The molecule has 0 aromatic heterocycles. The summed E-state index contributed by atoms with van der Waals surface area (Å²) in [6.07, 6.45) is 0. The van der Waals surface area contributed by atoms with Gasteiger partial charge in [-0.3, -0.25) is 0 Å². The summed E-state index contributed by atoms with van der Waals surface area (Å²) in [4.78, 5) is 0. The summed E-state index contributed by atoms with van der Waals surface area (Å²) in [7, 11) is -0.270. The summed E-state index contributed by atoms with van der Waals surface area (Å²) in [6, 6.07) is 2.88. The van der Waals surface area contributed by atoms with Crippen molar-refractivity contribution in [2.45, 2.75) is 0 Å². The zero-order valence-electron chi connectivity index (χ0n) is 6.79. The zero-order valence-corrected chi connectivity index (χ0v) is 8.30. The Morgan fingerprint density at radius 2 is 1.92 bits per heavy atom. The van der Waals surface area contributed by atoms with E-state index in [0.717, 1.165) is 0 Å². The van der Waals surface area contributed by atoms with Gasteiger partial charge < -0.3 is 14.8 Å². The number of halogens is 2. The predicted octanol–water partition coefficient (Wildman–Crippen LogP) is 0.682. The average molecular weight is 221 g/mol. The Bertz CT molecular complexity index is 317. The Morgan fingerprint density at radius 3 is 2.38 bits per heavy atom. The Balaban J connectivity index is 3.30. The maximum absolute atomic E-state index is 8.96. The highest BCUT2D eigenvalue weighted by atomic mass is 35.5. The molecule has 0 unspecified atom stereocenters. The van der Waals surface area contributed by atoms with E-state index in [2.05, 4.69) is 0 Å². The van der Waals surface area contributed by atoms with Gasteiger partial charge in [0.25, 0.3) is 0 Å². The van der Waals surface area contributed by atoms with Crippen LogP contribution in [0.2, 0.25) is 10.0 Å². The molecule has 1 rings (SSSR count). The Hall–Kier alpha value is -0.415. The number of ether oxygens (including phenoxy) is 1. The van der Waals surface area contributed by atoms with Crippen molar-refractivity contribution in [2.24, 2.45) is 0 Å². The Morgan fingerprint density at radius 1 is 1.31 bits per heavy atom. The van der Waals surface area contributed by atoms with Gasteiger partial charge in [-0.15, -0.1) is 0 Å².